The Labute approximate surface area is 153 Å². The number of hydrogen-bond acceptors (Lipinski definition) is 7. The minimum absolute atomic E-state index is 0.0677. The van der Waals surface area contributed by atoms with Crippen LogP contribution in [0.4, 0.5) is 5.69 Å². The first kappa shape index (κ1) is 17.7. The number of aliphatic imine (C=N–C) groups is 1. The summed E-state index contributed by atoms with van der Waals surface area (Å²) in [6, 6.07) is 7.73. The second kappa shape index (κ2) is 7.04. The SMILES string of the molecule is CN=C1S/C(=C/c2ccc(-c3ccc([N+](=O)[O-])cc3OC)o2)C(=O)N1C. The number of carbonyl (C=O) groups is 1. The van der Waals surface area contributed by atoms with Gasteiger partial charge in [0.1, 0.15) is 17.3 Å². The Kier molecular flexibility index (Phi) is 4.81. The molecule has 0 saturated carbocycles. The van der Waals surface area contributed by atoms with E-state index in [1.165, 1.54) is 35.9 Å². The van der Waals surface area contributed by atoms with Crippen LogP contribution in [0.1, 0.15) is 5.76 Å². The number of nitrogens with zero attached hydrogens (tertiary/aromatic N) is 3. The Morgan fingerprint density at radius 2 is 2.12 bits per heavy atom. The Hall–Kier alpha value is -3.07. The number of likely N-dealkylation sites (N-methyl/N-ethyl adjacent to an activating group) is 1. The summed E-state index contributed by atoms with van der Waals surface area (Å²) in [6.07, 6.45) is 1.64. The first-order valence-electron chi connectivity index (χ1n) is 7.51. The molecule has 1 aliphatic rings. The number of methoxy groups -OCH3 is 1. The highest BCUT2D eigenvalue weighted by atomic mass is 32.2. The van der Waals surface area contributed by atoms with Gasteiger partial charge in [-0.15, -0.1) is 0 Å². The standard InChI is InChI=1S/C17H15N3O5S/c1-18-17-19(2)16(21)15(26-17)9-11-5-7-13(25-11)12-6-4-10(20(22)23)8-14(12)24-3/h4-9H,1-3H3/b15-9+,18-17?. The number of nitro benzene ring substituents is 1. The predicted octanol–water partition coefficient (Wildman–Crippen LogP) is 3.40. The summed E-state index contributed by atoms with van der Waals surface area (Å²) in [6.45, 7) is 0. The number of non-ortho nitro benzene ring substituents is 1. The van der Waals surface area contributed by atoms with Crippen LogP contribution >= 0.6 is 11.8 Å². The number of thioether (sulfide) groups is 1. The maximum atomic E-state index is 12.2. The van der Waals surface area contributed by atoms with Crippen molar-refractivity contribution >= 4 is 34.6 Å². The minimum Gasteiger partial charge on any atom is -0.496 e. The molecule has 0 atom stereocenters. The fourth-order valence-corrected chi connectivity index (χ4v) is 3.36. The highest BCUT2D eigenvalue weighted by molar-refractivity contribution is 8.18. The summed E-state index contributed by atoms with van der Waals surface area (Å²) in [7, 11) is 4.72. The number of benzene rings is 1. The van der Waals surface area contributed by atoms with Gasteiger partial charge in [-0.25, -0.2) is 0 Å². The van der Waals surface area contributed by atoms with Crippen LogP contribution in [0.15, 0.2) is 44.6 Å². The third-order valence-electron chi connectivity index (χ3n) is 3.76. The Bertz CT molecular complexity index is 948. The second-order valence-corrected chi connectivity index (χ2v) is 6.33. The maximum Gasteiger partial charge on any atom is 0.273 e. The van der Waals surface area contributed by atoms with E-state index >= 15 is 0 Å². The summed E-state index contributed by atoms with van der Waals surface area (Å²) < 4.78 is 11.0. The summed E-state index contributed by atoms with van der Waals surface area (Å²) >= 11 is 1.27. The molecular formula is C17H15N3O5S. The van der Waals surface area contributed by atoms with Gasteiger partial charge >= 0.3 is 0 Å². The molecule has 8 nitrogen and oxygen atoms in total. The monoisotopic (exact) mass is 373 g/mol. The number of amides is 1. The van der Waals surface area contributed by atoms with Gasteiger partial charge in [-0.05, 0) is 30.0 Å². The van der Waals surface area contributed by atoms with Crippen LogP contribution in [-0.2, 0) is 4.79 Å². The molecule has 2 heterocycles. The van der Waals surface area contributed by atoms with E-state index in [1.54, 1.807) is 38.4 Å². The molecule has 0 bridgehead atoms. The largest absolute Gasteiger partial charge is 0.496 e. The van der Waals surface area contributed by atoms with E-state index in [4.69, 9.17) is 9.15 Å². The van der Waals surface area contributed by atoms with Gasteiger partial charge in [-0.2, -0.15) is 0 Å². The summed E-state index contributed by atoms with van der Waals surface area (Å²) in [5.41, 5.74) is 0.517. The van der Waals surface area contributed by atoms with E-state index in [1.807, 2.05) is 0 Å². The lowest BCUT2D eigenvalue weighted by Gasteiger charge is -2.05. The van der Waals surface area contributed by atoms with Crippen molar-refractivity contribution < 1.29 is 18.9 Å². The van der Waals surface area contributed by atoms with Gasteiger partial charge < -0.3 is 9.15 Å². The number of carbonyl (C=O) groups excluding carboxylic acids is 1. The van der Waals surface area contributed by atoms with E-state index in [0.29, 0.717) is 32.9 Å². The molecule has 1 aliphatic heterocycles. The first-order valence-corrected chi connectivity index (χ1v) is 8.33. The topological polar surface area (TPSA) is 98.2 Å². The van der Waals surface area contributed by atoms with Crippen molar-refractivity contribution in [2.75, 3.05) is 21.2 Å². The first-order chi connectivity index (χ1) is 12.4. The highest BCUT2D eigenvalue weighted by Gasteiger charge is 2.30. The lowest BCUT2D eigenvalue weighted by atomic mass is 10.1. The number of ether oxygens (including phenoxy) is 1. The smallest absolute Gasteiger partial charge is 0.273 e. The van der Waals surface area contributed by atoms with Crippen molar-refractivity contribution in [1.82, 2.24) is 4.90 Å². The third-order valence-corrected chi connectivity index (χ3v) is 4.91. The van der Waals surface area contributed by atoms with E-state index < -0.39 is 4.92 Å². The third kappa shape index (κ3) is 3.21. The predicted molar refractivity (Wildman–Crippen MR) is 99.0 cm³/mol. The van der Waals surface area contributed by atoms with Crippen molar-refractivity contribution in [2.24, 2.45) is 4.99 Å². The van der Waals surface area contributed by atoms with Crippen LogP contribution in [-0.4, -0.2) is 42.1 Å². The lowest BCUT2D eigenvalue weighted by molar-refractivity contribution is -0.384. The van der Waals surface area contributed by atoms with E-state index in [2.05, 4.69) is 4.99 Å². The molecular weight excluding hydrogens is 358 g/mol. The Morgan fingerprint density at radius 1 is 1.35 bits per heavy atom. The number of rotatable bonds is 4. The molecule has 2 aromatic rings. The molecule has 9 heteroatoms. The van der Waals surface area contributed by atoms with Gasteiger partial charge in [0, 0.05) is 26.2 Å². The van der Waals surface area contributed by atoms with Gasteiger partial charge in [0.15, 0.2) is 5.17 Å². The van der Waals surface area contributed by atoms with Crippen molar-refractivity contribution in [2.45, 2.75) is 0 Å². The van der Waals surface area contributed by atoms with Crippen LogP contribution in [0.2, 0.25) is 0 Å². The van der Waals surface area contributed by atoms with Gasteiger partial charge in [-0.1, -0.05) is 0 Å². The van der Waals surface area contributed by atoms with Crippen LogP contribution in [0.25, 0.3) is 17.4 Å². The molecule has 1 saturated heterocycles. The van der Waals surface area contributed by atoms with Crippen LogP contribution < -0.4 is 4.74 Å². The Balaban J connectivity index is 1.93. The van der Waals surface area contributed by atoms with Crippen LogP contribution in [0, 0.1) is 10.1 Å². The quantitative estimate of drug-likeness (QED) is 0.463. The molecule has 1 amide bonds. The molecule has 0 N–H and O–H groups in total. The normalized spacial score (nSPS) is 17.3. The van der Waals surface area contributed by atoms with Gasteiger partial charge in [0.25, 0.3) is 11.6 Å². The van der Waals surface area contributed by atoms with Crippen LogP contribution in [0.3, 0.4) is 0 Å². The second-order valence-electron chi connectivity index (χ2n) is 5.32. The molecule has 26 heavy (non-hydrogen) atoms. The summed E-state index contributed by atoms with van der Waals surface area (Å²) in [5.74, 6) is 1.15. The van der Waals surface area contributed by atoms with Crippen molar-refractivity contribution in [3.05, 3.63) is 51.1 Å². The maximum absolute atomic E-state index is 12.2. The fraction of sp³-hybridized carbons (Fsp3) is 0.176. The zero-order valence-corrected chi connectivity index (χ0v) is 15.1. The van der Waals surface area contributed by atoms with Crippen molar-refractivity contribution in [1.29, 1.82) is 0 Å². The molecule has 1 fully saturated rings. The van der Waals surface area contributed by atoms with Gasteiger partial charge in [0.05, 0.1) is 28.6 Å². The summed E-state index contributed by atoms with van der Waals surface area (Å²) in [5, 5.41) is 11.5. The minimum atomic E-state index is -0.490. The number of hydrogen-bond donors (Lipinski definition) is 0. The van der Waals surface area contributed by atoms with E-state index in [-0.39, 0.29) is 11.6 Å². The number of nitro groups is 1. The fourth-order valence-electron chi connectivity index (χ4n) is 2.45. The van der Waals surface area contributed by atoms with Crippen molar-refractivity contribution in [3.63, 3.8) is 0 Å². The molecule has 1 aromatic carbocycles. The molecule has 3 rings (SSSR count). The van der Waals surface area contributed by atoms with Crippen LogP contribution in [0.5, 0.6) is 5.75 Å². The molecule has 0 aliphatic carbocycles. The van der Waals surface area contributed by atoms with Crippen molar-refractivity contribution in [3.8, 4) is 17.1 Å². The zero-order valence-electron chi connectivity index (χ0n) is 14.3. The highest BCUT2D eigenvalue weighted by Crippen LogP contribution is 2.36. The summed E-state index contributed by atoms with van der Waals surface area (Å²) in [4.78, 5) is 28.6. The molecule has 0 unspecified atom stereocenters. The number of amidine groups is 1. The number of furan rings is 1. The van der Waals surface area contributed by atoms with E-state index in [9.17, 15) is 14.9 Å². The van der Waals surface area contributed by atoms with E-state index in [0.717, 1.165) is 0 Å². The van der Waals surface area contributed by atoms with Gasteiger partial charge in [0.2, 0.25) is 0 Å². The zero-order chi connectivity index (χ0) is 18.8. The average Bonchev–Trinajstić information content (AvgIpc) is 3.21. The Morgan fingerprint density at radius 3 is 2.73 bits per heavy atom. The molecule has 0 spiro atoms. The molecule has 0 radical (unpaired) electrons. The molecule has 1 aromatic heterocycles. The average molecular weight is 373 g/mol. The lowest BCUT2D eigenvalue weighted by Crippen LogP contribution is -2.23. The molecule has 134 valence electrons. The van der Waals surface area contributed by atoms with Gasteiger partial charge in [-0.3, -0.25) is 24.8 Å².